The molecule has 6 heteroatoms. The Morgan fingerprint density at radius 2 is 1.68 bits per heavy atom. The number of aliphatic hydroxyl groups is 1. The summed E-state index contributed by atoms with van der Waals surface area (Å²) in [6, 6.07) is 18.1. The van der Waals surface area contributed by atoms with Crippen molar-refractivity contribution in [3.8, 4) is 0 Å². The molecule has 5 nitrogen and oxygen atoms in total. The molecular formula is C22H15ClN2O3. The number of halogens is 1. The topological polar surface area (TPSA) is 70.5 Å². The molecule has 1 N–H and O–H groups in total. The average Bonchev–Trinajstić information content (AvgIpc) is 3.00. The minimum Gasteiger partial charge on any atom is -0.507 e. The fourth-order valence-corrected chi connectivity index (χ4v) is 3.43. The largest absolute Gasteiger partial charge is 0.507 e. The van der Waals surface area contributed by atoms with Gasteiger partial charge in [-0.2, -0.15) is 0 Å². The van der Waals surface area contributed by atoms with E-state index in [1.807, 2.05) is 6.07 Å². The van der Waals surface area contributed by atoms with Crippen molar-refractivity contribution < 1.29 is 14.7 Å². The number of benzene rings is 2. The summed E-state index contributed by atoms with van der Waals surface area (Å²) >= 11 is 6.01. The molecule has 2 heterocycles. The van der Waals surface area contributed by atoms with Crippen LogP contribution in [0.25, 0.3) is 5.76 Å². The van der Waals surface area contributed by atoms with Gasteiger partial charge in [0.05, 0.1) is 23.5 Å². The van der Waals surface area contributed by atoms with E-state index >= 15 is 0 Å². The number of hydrogen-bond acceptors (Lipinski definition) is 4. The number of nitrogens with zero attached hydrogens (tertiary/aromatic N) is 2. The van der Waals surface area contributed by atoms with Crippen molar-refractivity contribution in [2.75, 3.05) is 4.90 Å². The van der Waals surface area contributed by atoms with E-state index in [9.17, 15) is 14.7 Å². The number of aromatic nitrogens is 1. The normalized spacial score (nSPS) is 18.5. The molecule has 2 aromatic carbocycles. The lowest BCUT2D eigenvalue weighted by molar-refractivity contribution is -0.132. The van der Waals surface area contributed by atoms with Gasteiger partial charge in [0.2, 0.25) is 0 Å². The fourth-order valence-electron chi connectivity index (χ4n) is 3.31. The maximum atomic E-state index is 12.9. The van der Waals surface area contributed by atoms with Gasteiger partial charge in [0.25, 0.3) is 11.7 Å². The summed E-state index contributed by atoms with van der Waals surface area (Å²) in [5.41, 5.74) is 1.62. The first kappa shape index (κ1) is 17.9. The number of ketones is 1. The van der Waals surface area contributed by atoms with Gasteiger partial charge in [0, 0.05) is 16.8 Å². The van der Waals surface area contributed by atoms with Crippen LogP contribution >= 0.6 is 11.6 Å². The van der Waals surface area contributed by atoms with Crippen molar-refractivity contribution in [1.29, 1.82) is 0 Å². The molecule has 0 bridgehead atoms. The molecule has 1 aromatic heterocycles. The van der Waals surface area contributed by atoms with Gasteiger partial charge >= 0.3 is 0 Å². The van der Waals surface area contributed by atoms with E-state index in [0.29, 0.717) is 21.8 Å². The zero-order valence-corrected chi connectivity index (χ0v) is 15.4. The highest BCUT2D eigenvalue weighted by Gasteiger charge is 2.47. The van der Waals surface area contributed by atoms with Crippen LogP contribution < -0.4 is 4.90 Å². The molecule has 0 spiro atoms. The van der Waals surface area contributed by atoms with E-state index in [4.69, 9.17) is 11.6 Å². The van der Waals surface area contributed by atoms with Crippen LogP contribution in [0.15, 0.2) is 84.7 Å². The van der Waals surface area contributed by atoms with Crippen LogP contribution in [-0.2, 0) is 9.59 Å². The van der Waals surface area contributed by atoms with Crippen LogP contribution in [0, 0.1) is 0 Å². The first-order valence-electron chi connectivity index (χ1n) is 8.60. The predicted octanol–water partition coefficient (Wildman–Crippen LogP) is 4.36. The highest BCUT2D eigenvalue weighted by atomic mass is 35.5. The molecular weight excluding hydrogens is 376 g/mol. The third-order valence-corrected chi connectivity index (χ3v) is 4.85. The van der Waals surface area contributed by atoms with Gasteiger partial charge in [-0.1, -0.05) is 54.1 Å². The van der Waals surface area contributed by atoms with E-state index in [0.717, 1.165) is 0 Å². The van der Waals surface area contributed by atoms with E-state index in [1.165, 1.54) is 11.1 Å². The summed E-state index contributed by atoms with van der Waals surface area (Å²) in [5.74, 6) is -1.68. The minimum absolute atomic E-state index is 0.0300. The molecule has 1 amide bonds. The number of Topliss-reactive ketones (excluding diaryl/α,β-unsaturated/α-hetero) is 1. The monoisotopic (exact) mass is 390 g/mol. The van der Waals surface area contributed by atoms with E-state index in [-0.39, 0.29) is 11.3 Å². The van der Waals surface area contributed by atoms with Gasteiger partial charge in [-0.15, -0.1) is 0 Å². The maximum Gasteiger partial charge on any atom is 0.300 e. The quantitative estimate of drug-likeness (QED) is 0.410. The molecule has 1 fully saturated rings. The third kappa shape index (κ3) is 3.06. The Morgan fingerprint density at radius 3 is 2.32 bits per heavy atom. The number of aliphatic hydroxyl groups excluding tert-OH is 1. The standard InChI is InChI=1S/C22H15ClN2O3/c23-16-10-8-14(9-11-16)19-18(20(26)15-5-2-1-3-6-15)21(27)22(28)25(19)17-7-4-12-24-13-17/h1-13,19,26H/b20-18+/t19-/m1/s1. The summed E-state index contributed by atoms with van der Waals surface area (Å²) in [7, 11) is 0. The molecule has 138 valence electrons. The molecule has 3 aromatic rings. The van der Waals surface area contributed by atoms with Crippen LogP contribution in [0.2, 0.25) is 5.02 Å². The summed E-state index contributed by atoms with van der Waals surface area (Å²) in [5, 5.41) is 11.4. The summed E-state index contributed by atoms with van der Waals surface area (Å²) < 4.78 is 0. The molecule has 1 aliphatic heterocycles. The maximum absolute atomic E-state index is 12.9. The first-order valence-corrected chi connectivity index (χ1v) is 8.97. The van der Waals surface area contributed by atoms with Gasteiger partial charge < -0.3 is 5.11 Å². The lowest BCUT2D eigenvalue weighted by atomic mass is 9.95. The SMILES string of the molecule is O=C1C(=O)N(c2cccnc2)[C@H](c2ccc(Cl)cc2)/C1=C(\O)c1ccccc1. The van der Waals surface area contributed by atoms with Gasteiger partial charge in [-0.3, -0.25) is 19.5 Å². The van der Waals surface area contributed by atoms with Crippen molar-refractivity contribution in [2.24, 2.45) is 0 Å². The second-order valence-corrected chi connectivity index (χ2v) is 6.73. The molecule has 1 aliphatic rings. The highest BCUT2D eigenvalue weighted by molar-refractivity contribution is 6.51. The molecule has 4 rings (SSSR count). The van der Waals surface area contributed by atoms with E-state index < -0.39 is 17.7 Å². The van der Waals surface area contributed by atoms with Crippen molar-refractivity contribution in [3.63, 3.8) is 0 Å². The number of hydrogen-bond donors (Lipinski definition) is 1. The van der Waals surface area contributed by atoms with Gasteiger partial charge in [-0.25, -0.2) is 0 Å². The molecule has 0 unspecified atom stereocenters. The smallest absolute Gasteiger partial charge is 0.300 e. The number of anilines is 1. The zero-order valence-electron chi connectivity index (χ0n) is 14.6. The molecule has 28 heavy (non-hydrogen) atoms. The van der Waals surface area contributed by atoms with Crippen molar-refractivity contribution in [2.45, 2.75) is 6.04 Å². The Bertz CT molecular complexity index is 1060. The first-order chi connectivity index (χ1) is 13.6. The van der Waals surface area contributed by atoms with Gasteiger partial charge in [0.15, 0.2) is 0 Å². The minimum atomic E-state index is -0.790. The van der Waals surface area contributed by atoms with E-state index in [1.54, 1.807) is 66.9 Å². The molecule has 0 aliphatic carbocycles. The van der Waals surface area contributed by atoms with Crippen LogP contribution in [-0.4, -0.2) is 21.8 Å². The van der Waals surface area contributed by atoms with Crippen LogP contribution in [0.5, 0.6) is 0 Å². The number of carbonyl (C=O) groups is 2. The Hall–Kier alpha value is -3.44. The number of carbonyl (C=O) groups excluding carboxylic acids is 2. The predicted molar refractivity (Wildman–Crippen MR) is 107 cm³/mol. The Kier molecular flexibility index (Phi) is 4.67. The number of pyridine rings is 1. The second kappa shape index (κ2) is 7.29. The van der Waals surface area contributed by atoms with Gasteiger partial charge in [0.1, 0.15) is 5.76 Å². The Morgan fingerprint density at radius 1 is 0.964 bits per heavy atom. The summed E-state index contributed by atoms with van der Waals surface area (Å²) in [6.07, 6.45) is 3.10. The Labute approximate surface area is 166 Å². The van der Waals surface area contributed by atoms with Crippen LogP contribution in [0.1, 0.15) is 17.2 Å². The summed E-state index contributed by atoms with van der Waals surface area (Å²) in [6.45, 7) is 0. The van der Waals surface area contributed by atoms with Gasteiger partial charge in [-0.05, 0) is 29.8 Å². The van der Waals surface area contributed by atoms with Crippen molar-refractivity contribution in [1.82, 2.24) is 4.98 Å². The lowest BCUT2D eigenvalue weighted by Gasteiger charge is -2.25. The Balaban J connectivity index is 1.95. The number of rotatable bonds is 3. The molecule has 1 atom stereocenters. The fraction of sp³-hybridized carbons (Fsp3) is 0.0455. The van der Waals surface area contributed by atoms with Crippen LogP contribution in [0.3, 0.4) is 0 Å². The average molecular weight is 391 g/mol. The molecule has 0 radical (unpaired) electrons. The van der Waals surface area contributed by atoms with Crippen LogP contribution in [0.4, 0.5) is 5.69 Å². The lowest BCUT2D eigenvalue weighted by Crippen LogP contribution is -2.29. The molecule has 0 saturated carbocycles. The van der Waals surface area contributed by atoms with Crippen molar-refractivity contribution in [3.05, 3.63) is 101 Å². The highest BCUT2D eigenvalue weighted by Crippen LogP contribution is 2.42. The van der Waals surface area contributed by atoms with E-state index in [2.05, 4.69) is 4.98 Å². The third-order valence-electron chi connectivity index (χ3n) is 4.60. The number of amides is 1. The van der Waals surface area contributed by atoms with Crippen molar-refractivity contribution >= 4 is 34.7 Å². The molecule has 1 saturated heterocycles. The second-order valence-electron chi connectivity index (χ2n) is 6.30. The summed E-state index contributed by atoms with van der Waals surface area (Å²) in [4.78, 5) is 31.2. The zero-order chi connectivity index (χ0) is 19.7.